The van der Waals surface area contributed by atoms with E-state index in [4.69, 9.17) is 9.47 Å². The maximum Gasteiger partial charge on any atom is 0.471 e. The summed E-state index contributed by atoms with van der Waals surface area (Å²) in [4.78, 5) is 26.1. The number of morpholine rings is 1. The molecular weight excluding hydrogens is 329 g/mol. The minimum Gasteiger partial charge on any atom is -0.444 e. The van der Waals surface area contributed by atoms with Crippen LogP contribution >= 0.6 is 0 Å². The van der Waals surface area contributed by atoms with Crippen LogP contribution in [0.3, 0.4) is 0 Å². The second kappa shape index (κ2) is 6.42. The Labute approximate surface area is 138 Å². The number of halogens is 3. The fourth-order valence-corrected chi connectivity index (χ4v) is 3.05. The summed E-state index contributed by atoms with van der Waals surface area (Å²) in [5.74, 6) is -1.84. The zero-order valence-electron chi connectivity index (χ0n) is 14.1. The number of ether oxygens (including phenoxy) is 2. The quantitative estimate of drug-likeness (QED) is 0.670. The number of hydrogen-bond acceptors (Lipinski definition) is 4. The van der Waals surface area contributed by atoms with Gasteiger partial charge in [-0.25, -0.2) is 4.79 Å². The van der Waals surface area contributed by atoms with Gasteiger partial charge in [0.25, 0.3) is 0 Å². The van der Waals surface area contributed by atoms with Crippen LogP contribution in [0, 0.1) is 0 Å². The van der Waals surface area contributed by atoms with Gasteiger partial charge in [0, 0.05) is 19.6 Å². The van der Waals surface area contributed by atoms with Crippen LogP contribution in [-0.4, -0.2) is 72.0 Å². The molecule has 24 heavy (non-hydrogen) atoms. The van der Waals surface area contributed by atoms with Gasteiger partial charge in [-0.15, -0.1) is 0 Å². The number of amides is 2. The van der Waals surface area contributed by atoms with Crippen molar-refractivity contribution in [3.05, 3.63) is 0 Å². The Kier molecular flexibility index (Phi) is 5.03. The lowest BCUT2D eigenvalue weighted by atomic mass is 9.85. The zero-order chi connectivity index (χ0) is 18.2. The number of alkyl halides is 3. The summed E-state index contributed by atoms with van der Waals surface area (Å²) in [5.41, 5.74) is -1.65. The molecule has 0 aromatic rings. The van der Waals surface area contributed by atoms with Gasteiger partial charge in [-0.2, -0.15) is 13.2 Å². The standard InChI is InChI=1S/C15H23F3N2O4/c1-13(2,3)24-12(22)19-6-4-14(5-7-19)10-23-9-8-20(14)11(21)15(16,17)18/h4-10H2,1-3H3. The molecule has 0 aromatic carbocycles. The molecule has 0 aliphatic carbocycles. The number of carbonyl (C=O) groups is 2. The second-order valence-corrected chi connectivity index (χ2v) is 7.20. The van der Waals surface area contributed by atoms with E-state index in [0.717, 1.165) is 4.90 Å². The van der Waals surface area contributed by atoms with E-state index in [9.17, 15) is 22.8 Å². The molecule has 138 valence electrons. The van der Waals surface area contributed by atoms with Gasteiger partial charge in [0.15, 0.2) is 0 Å². The fourth-order valence-electron chi connectivity index (χ4n) is 3.05. The molecule has 2 heterocycles. The van der Waals surface area contributed by atoms with Crippen molar-refractivity contribution in [3.8, 4) is 0 Å². The van der Waals surface area contributed by atoms with Gasteiger partial charge in [0.1, 0.15) is 5.60 Å². The Bertz CT molecular complexity index is 494. The molecule has 2 rings (SSSR count). The van der Waals surface area contributed by atoms with Crippen LogP contribution in [0.15, 0.2) is 0 Å². The van der Waals surface area contributed by atoms with Crippen molar-refractivity contribution in [2.75, 3.05) is 32.8 Å². The zero-order valence-corrected chi connectivity index (χ0v) is 14.1. The third-order valence-corrected chi connectivity index (χ3v) is 4.24. The molecule has 2 aliphatic rings. The summed E-state index contributed by atoms with van der Waals surface area (Å²) in [6, 6.07) is 0. The molecule has 2 aliphatic heterocycles. The third-order valence-electron chi connectivity index (χ3n) is 4.24. The van der Waals surface area contributed by atoms with Crippen LogP contribution in [0.25, 0.3) is 0 Å². The smallest absolute Gasteiger partial charge is 0.444 e. The highest BCUT2D eigenvalue weighted by Crippen LogP contribution is 2.35. The summed E-state index contributed by atoms with van der Waals surface area (Å²) in [6.07, 6.45) is -4.95. The van der Waals surface area contributed by atoms with E-state index in [1.165, 1.54) is 4.90 Å². The van der Waals surface area contributed by atoms with Crippen molar-refractivity contribution in [2.45, 2.75) is 50.9 Å². The first-order chi connectivity index (χ1) is 10.9. The van der Waals surface area contributed by atoms with Crippen LogP contribution < -0.4 is 0 Å². The maximum atomic E-state index is 12.8. The van der Waals surface area contributed by atoms with Crippen molar-refractivity contribution in [1.82, 2.24) is 9.80 Å². The Morgan fingerprint density at radius 3 is 2.17 bits per heavy atom. The number of nitrogens with zero attached hydrogens (tertiary/aromatic N) is 2. The Morgan fingerprint density at radius 2 is 1.67 bits per heavy atom. The lowest BCUT2D eigenvalue weighted by molar-refractivity contribution is -0.202. The van der Waals surface area contributed by atoms with Crippen molar-refractivity contribution < 1.29 is 32.2 Å². The second-order valence-electron chi connectivity index (χ2n) is 7.20. The average Bonchev–Trinajstić information content (AvgIpc) is 2.45. The van der Waals surface area contributed by atoms with Crippen LogP contribution in [0.1, 0.15) is 33.6 Å². The molecule has 2 saturated heterocycles. The van der Waals surface area contributed by atoms with Crippen LogP contribution in [0.5, 0.6) is 0 Å². The molecular formula is C15H23F3N2O4. The van der Waals surface area contributed by atoms with Gasteiger partial charge >= 0.3 is 18.2 Å². The number of likely N-dealkylation sites (tertiary alicyclic amines) is 1. The van der Waals surface area contributed by atoms with E-state index in [-0.39, 0.29) is 45.7 Å². The summed E-state index contributed by atoms with van der Waals surface area (Å²) >= 11 is 0. The molecule has 0 N–H and O–H groups in total. The molecule has 0 saturated carbocycles. The molecule has 0 radical (unpaired) electrons. The van der Waals surface area contributed by atoms with Crippen molar-refractivity contribution in [1.29, 1.82) is 0 Å². The van der Waals surface area contributed by atoms with E-state index in [1.807, 2.05) is 0 Å². The average molecular weight is 352 g/mol. The first-order valence-electron chi connectivity index (χ1n) is 7.89. The van der Waals surface area contributed by atoms with Crippen molar-refractivity contribution in [3.63, 3.8) is 0 Å². The Balaban J connectivity index is 2.06. The lowest BCUT2D eigenvalue weighted by Gasteiger charge is -2.50. The monoisotopic (exact) mass is 352 g/mol. The van der Waals surface area contributed by atoms with E-state index in [0.29, 0.717) is 0 Å². The Morgan fingerprint density at radius 1 is 1.08 bits per heavy atom. The summed E-state index contributed by atoms with van der Waals surface area (Å²) in [7, 11) is 0. The lowest BCUT2D eigenvalue weighted by Crippen LogP contribution is -2.65. The molecule has 9 heteroatoms. The molecule has 0 atom stereocenters. The number of hydrogen-bond donors (Lipinski definition) is 0. The predicted molar refractivity (Wildman–Crippen MR) is 78.4 cm³/mol. The van der Waals surface area contributed by atoms with Crippen LogP contribution in [0.2, 0.25) is 0 Å². The van der Waals surface area contributed by atoms with Gasteiger partial charge in [-0.1, -0.05) is 0 Å². The van der Waals surface area contributed by atoms with Gasteiger partial charge in [0.2, 0.25) is 0 Å². The van der Waals surface area contributed by atoms with E-state index in [2.05, 4.69) is 0 Å². The normalized spacial score (nSPS) is 21.8. The van der Waals surface area contributed by atoms with E-state index < -0.39 is 29.3 Å². The van der Waals surface area contributed by atoms with Crippen molar-refractivity contribution in [2.24, 2.45) is 0 Å². The summed E-state index contributed by atoms with van der Waals surface area (Å²) in [5, 5.41) is 0. The molecule has 1 spiro atoms. The molecule has 0 unspecified atom stereocenters. The minimum atomic E-state index is -4.91. The van der Waals surface area contributed by atoms with E-state index >= 15 is 0 Å². The summed E-state index contributed by atoms with van der Waals surface area (Å²) in [6.45, 7) is 5.72. The number of carbonyl (C=O) groups excluding carboxylic acids is 2. The fraction of sp³-hybridized carbons (Fsp3) is 0.867. The molecule has 0 bridgehead atoms. The van der Waals surface area contributed by atoms with Crippen LogP contribution in [0.4, 0.5) is 18.0 Å². The first-order valence-corrected chi connectivity index (χ1v) is 7.89. The highest BCUT2D eigenvalue weighted by atomic mass is 19.4. The third kappa shape index (κ3) is 4.12. The van der Waals surface area contributed by atoms with Gasteiger partial charge in [-0.3, -0.25) is 4.79 Å². The van der Waals surface area contributed by atoms with Gasteiger partial charge in [-0.05, 0) is 33.6 Å². The number of piperidine rings is 1. The van der Waals surface area contributed by atoms with Gasteiger partial charge in [0.05, 0.1) is 18.8 Å². The topological polar surface area (TPSA) is 59.1 Å². The van der Waals surface area contributed by atoms with Crippen LogP contribution in [-0.2, 0) is 14.3 Å². The molecule has 2 fully saturated rings. The largest absolute Gasteiger partial charge is 0.471 e. The summed E-state index contributed by atoms with van der Waals surface area (Å²) < 4.78 is 49.2. The maximum absolute atomic E-state index is 12.8. The highest BCUT2D eigenvalue weighted by molar-refractivity contribution is 5.82. The van der Waals surface area contributed by atoms with Crippen molar-refractivity contribution >= 4 is 12.0 Å². The highest BCUT2D eigenvalue weighted by Gasteiger charge is 2.52. The SMILES string of the molecule is CC(C)(C)OC(=O)N1CCC2(CC1)COCCN2C(=O)C(F)(F)F. The minimum absolute atomic E-state index is 0.0526. The van der Waals surface area contributed by atoms with E-state index in [1.54, 1.807) is 20.8 Å². The first kappa shape index (κ1) is 18.8. The molecule has 0 aromatic heterocycles. The molecule has 2 amide bonds. The predicted octanol–water partition coefficient (Wildman–Crippen LogP) is 2.18. The molecule has 6 nitrogen and oxygen atoms in total. The van der Waals surface area contributed by atoms with Gasteiger partial charge < -0.3 is 19.3 Å². The number of rotatable bonds is 0. The Hall–Kier alpha value is -1.51.